The van der Waals surface area contributed by atoms with Crippen molar-refractivity contribution < 1.29 is 24.2 Å². The number of rotatable bonds is 7. The highest BCUT2D eigenvalue weighted by Gasteiger charge is 2.50. The maximum absolute atomic E-state index is 13.4. The standard InChI is InChI=1S/C25H22ClNO5/c1-31-22-12-7-16(13-23(22)32-2)15-27-20-6-4-3-5-19(20)25(30,24(27)29)14-21(28)17-8-10-18(26)11-9-17/h3-13,30H,14-15H2,1-2H3/t25-/m0/s1. The molecule has 1 aliphatic heterocycles. The Labute approximate surface area is 191 Å². The molecule has 3 aromatic carbocycles. The van der Waals surface area contributed by atoms with E-state index in [1.54, 1.807) is 74.9 Å². The van der Waals surface area contributed by atoms with E-state index in [9.17, 15) is 14.7 Å². The summed E-state index contributed by atoms with van der Waals surface area (Å²) in [5.41, 5.74) is 0.196. The van der Waals surface area contributed by atoms with Crippen molar-refractivity contribution in [1.29, 1.82) is 0 Å². The van der Waals surface area contributed by atoms with E-state index in [4.69, 9.17) is 21.1 Å². The molecule has 164 valence electrons. The molecule has 0 saturated heterocycles. The van der Waals surface area contributed by atoms with Gasteiger partial charge >= 0.3 is 0 Å². The Balaban J connectivity index is 1.66. The second-order valence-corrected chi connectivity index (χ2v) is 8.00. The number of benzene rings is 3. The van der Waals surface area contributed by atoms with E-state index in [0.717, 1.165) is 5.56 Å². The number of nitrogens with zero attached hydrogens (tertiary/aromatic N) is 1. The lowest BCUT2D eigenvalue weighted by atomic mass is 9.88. The van der Waals surface area contributed by atoms with E-state index >= 15 is 0 Å². The first kappa shape index (κ1) is 21.9. The number of hydrogen-bond acceptors (Lipinski definition) is 5. The molecule has 4 rings (SSSR count). The van der Waals surface area contributed by atoms with Crippen molar-refractivity contribution >= 4 is 29.0 Å². The number of halogens is 1. The molecule has 0 unspecified atom stereocenters. The van der Waals surface area contributed by atoms with Crippen molar-refractivity contribution in [2.24, 2.45) is 0 Å². The number of fused-ring (bicyclic) bond motifs is 1. The third-order valence-corrected chi connectivity index (χ3v) is 5.86. The number of ketones is 1. The molecule has 6 nitrogen and oxygen atoms in total. The summed E-state index contributed by atoms with van der Waals surface area (Å²) in [5, 5.41) is 12.0. The third-order valence-electron chi connectivity index (χ3n) is 5.61. The maximum Gasteiger partial charge on any atom is 0.264 e. The lowest BCUT2D eigenvalue weighted by Crippen LogP contribution is -2.41. The molecule has 0 radical (unpaired) electrons. The van der Waals surface area contributed by atoms with Crippen molar-refractivity contribution in [3.05, 3.63) is 88.4 Å². The summed E-state index contributed by atoms with van der Waals surface area (Å²) in [5.74, 6) is 0.226. The van der Waals surface area contributed by atoms with Gasteiger partial charge in [0.05, 0.1) is 32.9 Å². The molecule has 0 spiro atoms. The van der Waals surface area contributed by atoms with Crippen LogP contribution in [0.1, 0.15) is 27.9 Å². The number of carbonyl (C=O) groups is 2. The number of carbonyl (C=O) groups excluding carboxylic acids is 2. The van der Waals surface area contributed by atoms with Crippen LogP contribution in [-0.2, 0) is 16.9 Å². The summed E-state index contributed by atoms with van der Waals surface area (Å²) in [7, 11) is 3.09. The molecular weight excluding hydrogens is 430 g/mol. The van der Waals surface area contributed by atoms with Gasteiger partial charge in [0.2, 0.25) is 0 Å². The van der Waals surface area contributed by atoms with Gasteiger partial charge in [-0.05, 0) is 48.0 Å². The SMILES string of the molecule is COc1ccc(CN2C(=O)[C@](O)(CC(=O)c3ccc(Cl)cc3)c3ccccc32)cc1OC. The first-order valence-electron chi connectivity index (χ1n) is 10.0. The van der Waals surface area contributed by atoms with Crippen LogP contribution in [0.15, 0.2) is 66.7 Å². The van der Waals surface area contributed by atoms with Crippen molar-refractivity contribution in [2.75, 3.05) is 19.1 Å². The van der Waals surface area contributed by atoms with Crippen LogP contribution in [0.2, 0.25) is 5.02 Å². The second-order valence-electron chi connectivity index (χ2n) is 7.56. The molecule has 0 saturated carbocycles. The summed E-state index contributed by atoms with van der Waals surface area (Å²) >= 11 is 5.90. The van der Waals surface area contributed by atoms with E-state index < -0.39 is 11.5 Å². The Morgan fingerprint density at radius 1 is 1.00 bits per heavy atom. The van der Waals surface area contributed by atoms with Gasteiger partial charge in [-0.25, -0.2) is 0 Å². The Morgan fingerprint density at radius 3 is 2.38 bits per heavy atom. The fourth-order valence-electron chi connectivity index (χ4n) is 3.97. The van der Waals surface area contributed by atoms with Crippen LogP contribution < -0.4 is 14.4 Å². The molecule has 7 heteroatoms. The van der Waals surface area contributed by atoms with Crippen LogP contribution in [0.3, 0.4) is 0 Å². The Kier molecular flexibility index (Phi) is 5.91. The molecule has 0 bridgehead atoms. The fraction of sp³-hybridized carbons (Fsp3) is 0.200. The van der Waals surface area contributed by atoms with Crippen LogP contribution in [0.4, 0.5) is 5.69 Å². The average Bonchev–Trinajstić information content (AvgIpc) is 3.01. The normalized spacial score (nSPS) is 17.2. The topological polar surface area (TPSA) is 76.1 Å². The Morgan fingerprint density at radius 2 is 1.69 bits per heavy atom. The van der Waals surface area contributed by atoms with Gasteiger partial charge in [-0.3, -0.25) is 9.59 Å². The minimum Gasteiger partial charge on any atom is -0.493 e. The lowest BCUT2D eigenvalue weighted by molar-refractivity contribution is -0.136. The molecular formula is C25H22ClNO5. The van der Waals surface area contributed by atoms with Crippen LogP contribution in [0, 0.1) is 0 Å². The number of amides is 1. The Bertz CT molecular complexity index is 1180. The summed E-state index contributed by atoms with van der Waals surface area (Å²) in [6.07, 6.45) is -0.368. The zero-order valence-corrected chi connectivity index (χ0v) is 18.4. The van der Waals surface area contributed by atoms with E-state index in [-0.39, 0.29) is 18.7 Å². The summed E-state index contributed by atoms with van der Waals surface area (Å²) < 4.78 is 10.6. The number of hydrogen-bond donors (Lipinski definition) is 1. The second kappa shape index (κ2) is 8.65. The number of methoxy groups -OCH3 is 2. The fourth-order valence-corrected chi connectivity index (χ4v) is 4.09. The van der Waals surface area contributed by atoms with E-state index in [1.807, 2.05) is 6.07 Å². The highest BCUT2D eigenvalue weighted by molar-refractivity contribution is 6.30. The van der Waals surface area contributed by atoms with Crippen molar-refractivity contribution in [2.45, 2.75) is 18.6 Å². The predicted octanol–water partition coefficient (Wildman–Crippen LogP) is 4.36. The molecule has 0 aliphatic carbocycles. The summed E-state index contributed by atoms with van der Waals surface area (Å²) in [4.78, 5) is 27.8. The molecule has 3 aromatic rings. The van der Waals surface area contributed by atoms with Crippen LogP contribution in [0.25, 0.3) is 0 Å². The number of Topliss-reactive ketones (excluding diaryl/α,β-unsaturated/α-hetero) is 1. The van der Waals surface area contributed by atoms with Crippen LogP contribution in [-0.4, -0.2) is 31.0 Å². The molecule has 1 aliphatic rings. The molecule has 1 amide bonds. The van der Waals surface area contributed by atoms with Gasteiger partial charge in [-0.2, -0.15) is 0 Å². The smallest absolute Gasteiger partial charge is 0.264 e. The van der Waals surface area contributed by atoms with Crippen LogP contribution >= 0.6 is 11.6 Å². The van der Waals surface area contributed by atoms with Crippen molar-refractivity contribution in [3.8, 4) is 11.5 Å². The van der Waals surface area contributed by atoms with E-state index in [2.05, 4.69) is 0 Å². The van der Waals surface area contributed by atoms with Gasteiger partial charge in [0.15, 0.2) is 22.9 Å². The number of aliphatic hydroxyl groups is 1. The van der Waals surface area contributed by atoms with Gasteiger partial charge in [0.25, 0.3) is 5.91 Å². The van der Waals surface area contributed by atoms with Gasteiger partial charge < -0.3 is 19.5 Å². The number of para-hydroxylation sites is 1. The van der Waals surface area contributed by atoms with E-state index in [1.165, 1.54) is 4.90 Å². The van der Waals surface area contributed by atoms with Crippen molar-refractivity contribution in [3.63, 3.8) is 0 Å². The number of anilines is 1. The largest absolute Gasteiger partial charge is 0.493 e. The number of ether oxygens (including phenoxy) is 2. The van der Waals surface area contributed by atoms with Crippen molar-refractivity contribution in [1.82, 2.24) is 0 Å². The Hall–Kier alpha value is -3.35. The summed E-state index contributed by atoms with van der Waals surface area (Å²) in [6.45, 7) is 0.202. The zero-order chi connectivity index (χ0) is 22.9. The molecule has 0 aromatic heterocycles. The third kappa shape index (κ3) is 3.83. The highest BCUT2D eigenvalue weighted by Crippen LogP contribution is 2.44. The van der Waals surface area contributed by atoms with Gasteiger partial charge in [-0.15, -0.1) is 0 Å². The maximum atomic E-state index is 13.4. The van der Waals surface area contributed by atoms with Crippen LogP contribution in [0.5, 0.6) is 11.5 Å². The van der Waals surface area contributed by atoms with Gasteiger partial charge in [-0.1, -0.05) is 35.9 Å². The van der Waals surface area contributed by atoms with E-state index in [0.29, 0.717) is 33.3 Å². The predicted molar refractivity (Wildman–Crippen MR) is 121 cm³/mol. The summed E-state index contributed by atoms with van der Waals surface area (Å²) in [6, 6.07) is 18.7. The molecule has 0 fully saturated rings. The molecule has 1 heterocycles. The van der Waals surface area contributed by atoms with Gasteiger partial charge in [0, 0.05) is 16.1 Å². The first-order chi connectivity index (χ1) is 15.4. The molecule has 32 heavy (non-hydrogen) atoms. The van der Waals surface area contributed by atoms with Gasteiger partial charge in [0.1, 0.15) is 0 Å². The lowest BCUT2D eigenvalue weighted by Gasteiger charge is -2.23. The monoisotopic (exact) mass is 451 g/mol. The molecule has 1 atom stereocenters. The molecule has 1 N–H and O–H groups in total. The first-order valence-corrected chi connectivity index (χ1v) is 10.4. The minimum absolute atomic E-state index is 0.202. The zero-order valence-electron chi connectivity index (χ0n) is 17.7. The highest BCUT2D eigenvalue weighted by atomic mass is 35.5. The average molecular weight is 452 g/mol. The quantitative estimate of drug-likeness (QED) is 0.540. The minimum atomic E-state index is -1.95.